The number of anilines is 1. The largest absolute Gasteiger partial charge is 0.497 e. The van der Waals surface area contributed by atoms with E-state index in [0.29, 0.717) is 28.4 Å². The van der Waals surface area contributed by atoms with Gasteiger partial charge in [0, 0.05) is 41.4 Å². The second-order valence-corrected chi connectivity index (χ2v) is 16.1. The number of carbonyl (C=O) groups is 3. The molecule has 12 nitrogen and oxygen atoms in total. The number of pyridine rings is 1. The zero-order valence-corrected chi connectivity index (χ0v) is 31.2. The Hall–Kier alpha value is -4.39. The molecule has 1 aromatic carbocycles. The molecule has 6 rings (SSSR count). The number of nitrogens with zero attached hydrogens (tertiary/aromatic N) is 3. The van der Waals surface area contributed by atoms with E-state index in [1.165, 1.54) is 11.3 Å². The maximum absolute atomic E-state index is 14.5. The maximum atomic E-state index is 14.5. The predicted molar refractivity (Wildman–Crippen MR) is 198 cm³/mol. The molecule has 3 N–H and O–H groups in total. The van der Waals surface area contributed by atoms with Gasteiger partial charge in [-0.05, 0) is 69.4 Å². The Labute approximate surface area is 303 Å². The van der Waals surface area contributed by atoms with Gasteiger partial charge in [0.25, 0.3) is 0 Å². The van der Waals surface area contributed by atoms with Crippen LogP contribution in [0.2, 0.25) is 0 Å². The number of hydrogen-bond acceptors (Lipinski definition) is 10. The number of amides is 3. The number of benzene rings is 1. The SMILES string of the molecule is C=C[C@@H]1C[C@H]1NC(=O)C1CC(Oc2cc(-c3csc(NC(C)C)n3)nc3cc(OC)ccc23)CN1C(=O)C(NC(=O)OC1CCCC1)C(C)(C)C. The van der Waals surface area contributed by atoms with Crippen molar-refractivity contribution >= 4 is 45.3 Å². The summed E-state index contributed by atoms with van der Waals surface area (Å²) in [4.78, 5) is 52.6. The molecule has 2 aliphatic carbocycles. The number of aromatic nitrogens is 2. The van der Waals surface area contributed by atoms with Crippen LogP contribution in [0.4, 0.5) is 9.93 Å². The average molecular weight is 719 g/mol. The van der Waals surface area contributed by atoms with E-state index in [9.17, 15) is 14.4 Å². The molecule has 274 valence electrons. The number of nitrogens with one attached hydrogen (secondary N) is 3. The molecule has 2 aromatic heterocycles. The van der Waals surface area contributed by atoms with Crippen LogP contribution in [0.25, 0.3) is 22.3 Å². The third-order valence-corrected chi connectivity index (χ3v) is 10.5. The summed E-state index contributed by atoms with van der Waals surface area (Å²) in [5.74, 6) is 0.815. The van der Waals surface area contributed by atoms with Gasteiger partial charge < -0.3 is 35.1 Å². The van der Waals surface area contributed by atoms with Crippen molar-refractivity contribution in [2.45, 2.75) is 110 Å². The van der Waals surface area contributed by atoms with E-state index in [1.807, 2.05) is 56.5 Å². The standard InChI is InChI=1S/C38H50N6O6S/c1-8-22-15-27(22)41-34(45)31-17-25(19-44(31)35(46)33(38(4,5)6)43-37(47)50-23-11-9-10-12-23)49-32-18-29(30-20-51-36(42-30)39-21(2)3)40-28-16-24(48-7)13-14-26(28)32/h8,13-14,16,18,20-23,25,27,31,33H,1,9-12,15,17,19H2,2-7H3,(H,39,42)(H,41,45)(H,43,47)/t22-,25?,27-,31?,33?/m1/s1. The normalized spacial score (nSPS) is 22.5. The number of thiazole rings is 1. The predicted octanol–water partition coefficient (Wildman–Crippen LogP) is 6.31. The summed E-state index contributed by atoms with van der Waals surface area (Å²) in [7, 11) is 1.61. The highest BCUT2D eigenvalue weighted by atomic mass is 32.1. The highest BCUT2D eigenvalue weighted by Crippen LogP contribution is 2.37. The van der Waals surface area contributed by atoms with E-state index in [0.717, 1.165) is 42.6 Å². The Morgan fingerprint density at radius 3 is 2.49 bits per heavy atom. The first-order valence-corrected chi connectivity index (χ1v) is 18.8. The Bertz CT molecular complexity index is 1760. The average Bonchev–Trinajstić information content (AvgIpc) is 3.45. The van der Waals surface area contributed by atoms with Gasteiger partial charge in [-0.25, -0.2) is 14.8 Å². The number of alkyl carbamates (subject to hydrolysis) is 1. The summed E-state index contributed by atoms with van der Waals surface area (Å²) < 4.78 is 17.9. The van der Waals surface area contributed by atoms with Crippen LogP contribution in [-0.4, -0.2) is 82.8 Å². The van der Waals surface area contributed by atoms with Gasteiger partial charge in [-0.15, -0.1) is 17.9 Å². The number of hydrogen-bond donors (Lipinski definition) is 3. The first-order valence-electron chi connectivity index (χ1n) is 17.9. The van der Waals surface area contributed by atoms with Crippen molar-refractivity contribution in [1.82, 2.24) is 25.5 Å². The summed E-state index contributed by atoms with van der Waals surface area (Å²) in [6.07, 6.45) is 5.29. The van der Waals surface area contributed by atoms with Crippen molar-refractivity contribution in [3.8, 4) is 22.9 Å². The van der Waals surface area contributed by atoms with E-state index in [1.54, 1.807) is 12.0 Å². The molecule has 3 unspecified atom stereocenters. The van der Waals surface area contributed by atoms with Crippen molar-refractivity contribution in [1.29, 1.82) is 0 Å². The fourth-order valence-electron chi connectivity index (χ4n) is 6.84. The van der Waals surface area contributed by atoms with E-state index in [-0.39, 0.29) is 48.9 Å². The van der Waals surface area contributed by atoms with E-state index in [2.05, 4.69) is 36.4 Å². The minimum Gasteiger partial charge on any atom is -0.497 e. The van der Waals surface area contributed by atoms with Gasteiger partial charge in [0.05, 0.1) is 24.9 Å². The third kappa shape index (κ3) is 8.57. The van der Waals surface area contributed by atoms with Gasteiger partial charge in [0.1, 0.15) is 41.5 Å². The molecule has 3 aliphatic rings. The number of methoxy groups -OCH3 is 1. The second kappa shape index (κ2) is 15.1. The molecular formula is C38H50N6O6S. The Morgan fingerprint density at radius 2 is 1.82 bits per heavy atom. The van der Waals surface area contributed by atoms with E-state index >= 15 is 0 Å². The Kier molecular flexibility index (Phi) is 10.8. The molecule has 3 amide bonds. The third-order valence-electron chi connectivity index (χ3n) is 9.72. The van der Waals surface area contributed by atoms with E-state index < -0.39 is 29.7 Å². The lowest BCUT2D eigenvalue weighted by molar-refractivity contribution is -0.142. The van der Waals surface area contributed by atoms with Crippen LogP contribution in [0.15, 0.2) is 42.3 Å². The van der Waals surface area contributed by atoms with Crippen molar-refractivity contribution in [2.24, 2.45) is 11.3 Å². The lowest BCUT2D eigenvalue weighted by Crippen LogP contribution is -2.58. The van der Waals surface area contributed by atoms with E-state index in [4.69, 9.17) is 24.2 Å². The van der Waals surface area contributed by atoms with Gasteiger partial charge in [-0.2, -0.15) is 0 Å². The lowest BCUT2D eigenvalue weighted by atomic mass is 9.85. The monoisotopic (exact) mass is 718 g/mol. The molecule has 5 atom stereocenters. The summed E-state index contributed by atoms with van der Waals surface area (Å²) in [6, 6.07) is 5.93. The number of likely N-dealkylation sites (tertiary alicyclic amines) is 1. The summed E-state index contributed by atoms with van der Waals surface area (Å²) >= 11 is 1.50. The Balaban J connectivity index is 1.29. The van der Waals surface area contributed by atoms with Gasteiger partial charge in [-0.3, -0.25) is 9.59 Å². The Morgan fingerprint density at radius 1 is 1.06 bits per heavy atom. The van der Waals surface area contributed by atoms with Crippen LogP contribution in [0.1, 0.15) is 73.1 Å². The molecule has 3 heterocycles. The summed E-state index contributed by atoms with van der Waals surface area (Å²) in [6.45, 7) is 13.8. The van der Waals surface area contributed by atoms with Crippen LogP contribution in [0.3, 0.4) is 0 Å². The molecule has 0 radical (unpaired) electrons. The van der Waals surface area contributed by atoms with Gasteiger partial charge in [-0.1, -0.05) is 26.8 Å². The van der Waals surface area contributed by atoms with Crippen molar-refractivity contribution in [3.63, 3.8) is 0 Å². The van der Waals surface area contributed by atoms with Gasteiger partial charge in [0.2, 0.25) is 11.8 Å². The van der Waals surface area contributed by atoms with Crippen LogP contribution in [-0.2, 0) is 14.3 Å². The number of rotatable bonds is 12. The first kappa shape index (κ1) is 36.4. The lowest BCUT2D eigenvalue weighted by Gasteiger charge is -2.35. The highest BCUT2D eigenvalue weighted by Gasteiger charge is 2.47. The van der Waals surface area contributed by atoms with Gasteiger partial charge in [0.15, 0.2) is 5.13 Å². The molecule has 3 fully saturated rings. The number of fused-ring (bicyclic) bond motifs is 1. The molecule has 13 heteroatoms. The van der Waals surface area contributed by atoms with Crippen molar-refractivity contribution in [3.05, 3.63) is 42.3 Å². The molecule has 51 heavy (non-hydrogen) atoms. The minimum atomic E-state index is -0.929. The van der Waals surface area contributed by atoms with Crippen LogP contribution in [0.5, 0.6) is 11.5 Å². The number of ether oxygens (including phenoxy) is 3. The quantitative estimate of drug-likeness (QED) is 0.184. The maximum Gasteiger partial charge on any atom is 0.408 e. The zero-order chi connectivity index (χ0) is 36.4. The first-order chi connectivity index (χ1) is 24.3. The molecule has 1 aliphatic heterocycles. The molecular weight excluding hydrogens is 669 g/mol. The minimum absolute atomic E-state index is 0.0142. The number of carbonyl (C=O) groups excluding carboxylic acids is 3. The second-order valence-electron chi connectivity index (χ2n) is 15.2. The van der Waals surface area contributed by atoms with Crippen molar-refractivity contribution < 1.29 is 28.6 Å². The molecule has 3 aromatic rings. The van der Waals surface area contributed by atoms with Crippen LogP contribution < -0.4 is 25.4 Å². The van der Waals surface area contributed by atoms with Crippen LogP contribution in [0, 0.1) is 11.3 Å². The summed E-state index contributed by atoms with van der Waals surface area (Å²) in [5.41, 5.74) is 1.32. The highest BCUT2D eigenvalue weighted by molar-refractivity contribution is 7.14. The van der Waals surface area contributed by atoms with Gasteiger partial charge >= 0.3 is 6.09 Å². The molecule has 0 bridgehead atoms. The molecule has 0 spiro atoms. The fourth-order valence-corrected chi connectivity index (χ4v) is 7.69. The fraction of sp³-hybridized carbons (Fsp3) is 0.553. The molecule has 1 saturated heterocycles. The van der Waals surface area contributed by atoms with Crippen molar-refractivity contribution in [2.75, 3.05) is 19.0 Å². The van der Waals surface area contributed by atoms with Crippen LogP contribution >= 0.6 is 11.3 Å². The smallest absolute Gasteiger partial charge is 0.408 e. The topological polar surface area (TPSA) is 144 Å². The molecule has 2 saturated carbocycles. The zero-order valence-electron chi connectivity index (χ0n) is 30.4. The summed E-state index contributed by atoms with van der Waals surface area (Å²) in [5, 5.41) is 12.8.